The van der Waals surface area contributed by atoms with Crippen LogP contribution in [0.2, 0.25) is 5.02 Å². The third-order valence-corrected chi connectivity index (χ3v) is 2.24. The van der Waals surface area contributed by atoms with Crippen LogP contribution in [0, 0.1) is 0 Å². The molecule has 0 unspecified atom stereocenters. The third kappa shape index (κ3) is 2.63. The van der Waals surface area contributed by atoms with Crippen molar-refractivity contribution < 1.29 is 0 Å². The Morgan fingerprint density at radius 2 is 2.08 bits per heavy atom. The zero-order chi connectivity index (χ0) is 9.84. The van der Waals surface area contributed by atoms with Gasteiger partial charge < -0.3 is 5.32 Å². The van der Waals surface area contributed by atoms with E-state index in [2.05, 4.69) is 26.1 Å². The highest BCUT2D eigenvalue weighted by molar-refractivity contribution is 6.30. The first-order valence-electron chi connectivity index (χ1n) is 4.68. The van der Waals surface area contributed by atoms with E-state index in [1.54, 1.807) is 0 Å². The van der Waals surface area contributed by atoms with Crippen molar-refractivity contribution >= 4 is 17.3 Å². The van der Waals surface area contributed by atoms with E-state index in [4.69, 9.17) is 11.6 Å². The molecule has 1 rings (SSSR count). The van der Waals surface area contributed by atoms with Crippen LogP contribution in [0.1, 0.15) is 32.3 Å². The molecule has 1 N–H and O–H groups in total. The highest BCUT2D eigenvalue weighted by Crippen LogP contribution is 2.27. The van der Waals surface area contributed by atoms with E-state index in [1.807, 2.05) is 18.2 Å². The van der Waals surface area contributed by atoms with E-state index in [9.17, 15) is 0 Å². The lowest BCUT2D eigenvalue weighted by Gasteiger charge is -2.13. The topological polar surface area (TPSA) is 12.0 Å². The molecule has 0 radical (unpaired) electrons. The number of hydrogen-bond acceptors (Lipinski definition) is 1. The number of hydrogen-bond donors (Lipinski definition) is 1. The first kappa shape index (κ1) is 10.4. The molecule has 72 valence electrons. The molecule has 0 fully saturated rings. The van der Waals surface area contributed by atoms with E-state index in [0.29, 0.717) is 5.92 Å². The molecule has 1 nitrogen and oxygen atoms in total. The maximum absolute atomic E-state index is 5.93. The molecule has 0 aliphatic carbocycles. The van der Waals surface area contributed by atoms with Crippen LogP contribution in [0.5, 0.6) is 0 Å². The van der Waals surface area contributed by atoms with Gasteiger partial charge in [-0.05, 0) is 36.6 Å². The predicted molar refractivity (Wildman–Crippen MR) is 59.7 cm³/mol. The second kappa shape index (κ2) is 4.52. The zero-order valence-electron chi connectivity index (χ0n) is 8.39. The van der Waals surface area contributed by atoms with Gasteiger partial charge in [0.25, 0.3) is 0 Å². The van der Waals surface area contributed by atoms with Crippen LogP contribution in [-0.2, 0) is 0 Å². The minimum absolute atomic E-state index is 0.507. The van der Waals surface area contributed by atoms with Gasteiger partial charge in [-0.25, -0.2) is 0 Å². The van der Waals surface area contributed by atoms with Crippen molar-refractivity contribution in [2.24, 2.45) is 0 Å². The maximum Gasteiger partial charge on any atom is 0.0410 e. The van der Waals surface area contributed by atoms with Crippen LogP contribution in [0.15, 0.2) is 18.2 Å². The minimum atomic E-state index is 0.507. The SMILES string of the molecule is CCNc1ccc(Cl)cc1C(C)C. The number of rotatable bonds is 3. The number of nitrogens with one attached hydrogen (secondary N) is 1. The van der Waals surface area contributed by atoms with E-state index >= 15 is 0 Å². The van der Waals surface area contributed by atoms with Crippen molar-refractivity contribution in [3.05, 3.63) is 28.8 Å². The maximum atomic E-state index is 5.93. The van der Waals surface area contributed by atoms with Crippen LogP contribution in [0.25, 0.3) is 0 Å². The smallest absolute Gasteiger partial charge is 0.0410 e. The van der Waals surface area contributed by atoms with E-state index in [0.717, 1.165) is 11.6 Å². The quantitative estimate of drug-likeness (QED) is 0.775. The van der Waals surface area contributed by atoms with Crippen molar-refractivity contribution in [1.82, 2.24) is 0 Å². The Labute approximate surface area is 85.1 Å². The monoisotopic (exact) mass is 197 g/mol. The van der Waals surface area contributed by atoms with Gasteiger partial charge in [-0.3, -0.25) is 0 Å². The second-order valence-corrected chi connectivity index (χ2v) is 3.85. The average Bonchev–Trinajstić information content (AvgIpc) is 2.08. The van der Waals surface area contributed by atoms with Gasteiger partial charge in [0.2, 0.25) is 0 Å². The van der Waals surface area contributed by atoms with Crippen molar-refractivity contribution in [3.8, 4) is 0 Å². The number of benzene rings is 1. The van der Waals surface area contributed by atoms with Gasteiger partial charge in [-0.2, -0.15) is 0 Å². The number of halogens is 1. The largest absolute Gasteiger partial charge is 0.385 e. The molecule has 0 saturated carbocycles. The molecule has 0 aliphatic heterocycles. The predicted octanol–water partition coefficient (Wildman–Crippen LogP) is 3.90. The lowest BCUT2D eigenvalue weighted by Crippen LogP contribution is -2.01. The van der Waals surface area contributed by atoms with Crippen LogP contribution < -0.4 is 5.32 Å². The molecular weight excluding hydrogens is 182 g/mol. The Morgan fingerprint density at radius 1 is 1.38 bits per heavy atom. The molecule has 0 aliphatic rings. The summed E-state index contributed by atoms with van der Waals surface area (Å²) in [5.74, 6) is 0.507. The van der Waals surface area contributed by atoms with Crippen LogP contribution in [0.4, 0.5) is 5.69 Å². The summed E-state index contributed by atoms with van der Waals surface area (Å²) in [4.78, 5) is 0. The van der Waals surface area contributed by atoms with Gasteiger partial charge in [0.1, 0.15) is 0 Å². The molecule has 13 heavy (non-hydrogen) atoms. The fourth-order valence-corrected chi connectivity index (χ4v) is 1.54. The Balaban J connectivity index is 3.03. The van der Waals surface area contributed by atoms with Gasteiger partial charge in [0.05, 0.1) is 0 Å². The average molecular weight is 198 g/mol. The van der Waals surface area contributed by atoms with E-state index < -0.39 is 0 Å². The summed E-state index contributed by atoms with van der Waals surface area (Å²) in [6.07, 6.45) is 0. The van der Waals surface area contributed by atoms with Crippen LogP contribution in [0.3, 0.4) is 0 Å². The summed E-state index contributed by atoms with van der Waals surface area (Å²) in [6.45, 7) is 7.39. The fraction of sp³-hybridized carbons (Fsp3) is 0.455. The van der Waals surface area contributed by atoms with Gasteiger partial charge in [-0.15, -0.1) is 0 Å². The third-order valence-electron chi connectivity index (χ3n) is 2.00. The fourth-order valence-electron chi connectivity index (χ4n) is 1.36. The molecule has 0 heterocycles. The first-order valence-corrected chi connectivity index (χ1v) is 5.06. The normalized spacial score (nSPS) is 10.5. The van der Waals surface area contributed by atoms with Gasteiger partial charge >= 0.3 is 0 Å². The molecule has 0 aromatic heterocycles. The highest BCUT2D eigenvalue weighted by Gasteiger charge is 2.05. The Bertz CT molecular complexity index is 281. The molecular formula is C11H16ClN. The summed E-state index contributed by atoms with van der Waals surface area (Å²) >= 11 is 5.93. The minimum Gasteiger partial charge on any atom is -0.385 e. The molecule has 0 atom stereocenters. The summed E-state index contributed by atoms with van der Waals surface area (Å²) in [7, 11) is 0. The molecule has 0 bridgehead atoms. The molecule has 0 spiro atoms. The Kier molecular flexibility index (Phi) is 3.61. The summed E-state index contributed by atoms with van der Waals surface area (Å²) in [5, 5.41) is 4.14. The molecule has 2 heteroatoms. The lowest BCUT2D eigenvalue weighted by atomic mass is 10.0. The molecule has 1 aromatic carbocycles. The zero-order valence-corrected chi connectivity index (χ0v) is 9.15. The summed E-state index contributed by atoms with van der Waals surface area (Å²) < 4.78 is 0. The lowest BCUT2D eigenvalue weighted by molar-refractivity contribution is 0.866. The Morgan fingerprint density at radius 3 is 2.62 bits per heavy atom. The van der Waals surface area contributed by atoms with Crippen LogP contribution >= 0.6 is 11.6 Å². The number of anilines is 1. The van der Waals surface area contributed by atoms with Crippen molar-refractivity contribution in [1.29, 1.82) is 0 Å². The molecule has 0 saturated heterocycles. The standard InChI is InChI=1S/C11H16ClN/c1-4-13-11-6-5-9(12)7-10(11)8(2)3/h5-8,13H,4H2,1-3H3. The molecule has 0 amide bonds. The van der Waals surface area contributed by atoms with Crippen LogP contribution in [-0.4, -0.2) is 6.54 Å². The van der Waals surface area contributed by atoms with Gasteiger partial charge in [0.15, 0.2) is 0 Å². The second-order valence-electron chi connectivity index (χ2n) is 3.42. The van der Waals surface area contributed by atoms with Crippen molar-refractivity contribution in [2.45, 2.75) is 26.7 Å². The summed E-state index contributed by atoms with van der Waals surface area (Å²) in [6, 6.07) is 6.00. The molecule has 1 aromatic rings. The van der Waals surface area contributed by atoms with Crippen molar-refractivity contribution in [2.75, 3.05) is 11.9 Å². The summed E-state index contributed by atoms with van der Waals surface area (Å²) in [5.41, 5.74) is 2.48. The highest BCUT2D eigenvalue weighted by atomic mass is 35.5. The van der Waals surface area contributed by atoms with Crippen molar-refractivity contribution in [3.63, 3.8) is 0 Å². The van der Waals surface area contributed by atoms with E-state index in [1.165, 1.54) is 11.3 Å². The van der Waals surface area contributed by atoms with E-state index in [-0.39, 0.29) is 0 Å². The Hall–Kier alpha value is -0.690. The van der Waals surface area contributed by atoms with Gasteiger partial charge in [-0.1, -0.05) is 25.4 Å². The first-order chi connectivity index (χ1) is 6.15. The van der Waals surface area contributed by atoms with Gasteiger partial charge in [0, 0.05) is 17.3 Å².